The van der Waals surface area contributed by atoms with Gasteiger partial charge in [0.1, 0.15) is 18.8 Å². The van der Waals surface area contributed by atoms with Crippen LogP contribution in [-0.4, -0.2) is 89.2 Å². The molecule has 12 nitrogen and oxygen atoms in total. The Morgan fingerprint density at radius 3 is 1.23 bits per heavy atom. The van der Waals surface area contributed by atoms with Crippen LogP contribution < -0.4 is 0 Å². The predicted molar refractivity (Wildman–Crippen MR) is 330 cm³/mol. The summed E-state index contributed by atoms with van der Waals surface area (Å²) in [5.41, 5.74) is 0. The number of carboxylic acid groups (broad SMARTS) is 1. The third-order valence-electron chi connectivity index (χ3n) is 13.9. The second-order valence-corrected chi connectivity index (χ2v) is 21.3. The van der Waals surface area contributed by atoms with Crippen molar-refractivity contribution in [3.8, 4) is 0 Å². The standard InChI is InChI=1S/C69H112O12/c1-4-7-10-13-16-19-22-25-28-30-31-33-36-39-42-45-48-51-54-57-63(72)80-67-65(74)64(73)66(68(75)76)81-69(67)78-59-60(79-62(71)56-53-50-47-44-41-38-34-27-24-21-18-15-12-9-6-3)58-77-61(70)55-52-49-46-43-40-37-35-32-29-26-23-20-17-14-11-8-5-2/h7,9-10,12,16,18-19,21,25,27-28,31,33-34,39,42,48,51,60,64-67,69,73-74H,4-6,8,11,13-15,17,20,22-24,26,29-30,32,35-38,40-41,43-47,49-50,52-59H2,1-3H3,(H,75,76)/b10-7-,12-9-,19-16-,21-18-,28-25-,33-31-,34-27-,42-39-,51-48-. The molecule has 0 aliphatic carbocycles. The van der Waals surface area contributed by atoms with Crippen molar-refractivity contribution in [3.05, 3.63) is 109 Å². The molecular weight excluding hydrogens is 1020 g/mol. The molecule has 81 heavy (non-hydrogen) atoms. The van der Waals surface area contributed by atoms with Crippen LogP contribution in [0.4, 0.5) is 0 Å². The Morgan fingerprint density at radius 1 is 0.420 bits per heavy atom. The molecule has 0 spiro atoms. The Morgan fingerprint density at radius 2 is 0.802 bits per heavy atom. The van der Waals surface area contributed by atoms with E-state index in [1.54, 1.807) is 0 Å². The molecule has 12 heteroatoms. The first-order valence-corrected chi connectivity index (χ1v) is 31.9. The number of esters is 3. The van der Waals surface area contributed by atoms with E-state index in [1.807, 2.05) is 18.2 Å². The number of allylic oxidation sites excluding steroid dienone is 18. The quantitative estimate of drug-likeness (QED) is 0.0228. The lowest BCUT2D eigenvalue weighted by atomic mass is 9.98. The number of hydrogen-bond acceptors (Lipinski definition) is 11. The van der Waals surface area contributed by atoms with Crippen molar-refractivity contribution in [1.29, 1.82) is 0 Å². The normalized spacial score (nSPS) is 18.5. The average molecular weight is 1130 g/mol. The van der Waals surface area contributed by atoms with E-state index >= 15 is 0 Å². The molecule has 0 saturated carbocycles. The second-order valence-electron chi connectivity index (χ2n) is 21.3. The van der Waals surface area contributed by atoms with Crippen LogP contribution >= 0.6 is 0 Å². The number of carboxylic acids is 1. The molecular formula is C69H112O12. The number of carbonyl (C=O) groups excluding carboxylic acids is 3. The molecule has 1 heterocycles. The Balaban J connectivity index is 2.72. The first kappa shape index (κ1) is 74.4. The molecule has 460 valence electrons. The molecule has 0 radical (unpaired) electrons. The van der Waals surface area contributed by atoms with Crippen LogP contribution in [0.15, 0.2) is 109 Å². The Labute approximate surface area is 491 Å². The lowest BCUT2D eigenvalue weighted by Crippen LogP contribution is -2.61. The van der Waals surface area contributed by atoms with Gasteiger partial charge in [0.15, 0.2) is 24.6 Å². The molecule has 1 aliphatic heterocycles. The van der Waals surface area contributed by atoms with Crippen molar-refractivity contribution < 1.29 is 58.2 Å². The van der Waals surface area contributed by atoms with Gasteiger partial charge in [-0.05, 0) is 89.9 Å². The molecule has 1 saturated heterocycles. The van der Waals surface area contributed by atoms with Crippen molar-refractivity contribution in [3.63, 3.8) is 0 Å². The van der Waals surface area contributed by atoms with Gasteiger partial charge in [-0.3, -0.25) is 14.4 Å². The largest absolute Gasteiger partial charge is 0.479 e. The van der Waals surface area contributed by atoms with Crippen LogP contribution in [0.2, 0.25) is 0 Å². The first-order valence-electron chi connectivity index (χ1n) is 31.9. The van der Waals surface area contributed by atoms with E-state index in [2.05, 4.69) is 112 Å². The molecule has 6 unspecified atom stereocenters. The monoisotopic (exact) mass is 1130 g/mol. The first-order chi connectivity index (χ1) is 39.6. The summed E-state index contributed by atoms with van der Waals surface area (Å²) in [6.45, 7) is 5.74. The summed E-state index contributed by atoms with van der Waals surface area (Å²) >= 11 is 0. The van der Waals surface area contributed by atoms with Crippen LogP contribution in [0.1, 0.15) is 252 Å². The van der Waals surface area contributed by atoms with Crippen LogP contribution in [0.25, 0.3) is 0 Å². The number of aliphatic carboxylic acids is 1. The highest BCUT2D eigenvalue weighted by Crippen LogP contribution is 2.26. The zero-order chi connectivity index (χ0) is 58.9. The summed E-state index contributed by atoms with van der Waals surface area (Å²) in [5, 5.41) is 31.5. The van der Waals surface area contributed by atoms with Crippen molar-refractivity contribution in [1.82, 2.24) is 0 Å². The third kappa shape index (κ3) is 45.6. The maximum atomic E-state index is 13.2. The maximum absolute atomic E-state index is 13.2. The number of hydrogen-bond donors (Lipinski definition) is 3. The molecule has 1 aliphatic rings. The third-order valence-corrected chi connectivity index (χ3v) is 13.9. The summed E-state index contributed by atoms with van der Waals surface area (Å²) < 4.78 is 28.4. The van der Waals surface area contributed by atoms with Gasteiger partial charge in [-0.2, -0.15) is 0 Å². The molecule has 0 bridgehead atoms. The molecule has 3 N–H and O–H groups in total. The Bertz CT molecular complexity index is 1820. The molecule has 1 fully saturated rings. The smallest absolute Gasteiger partial charge is 0.335 e. The van der Waals surface area contributed by atoms with E-state index in [9.17, 15) is 34.5 Å². The molecule has 0 amide bonds. The zero-order valence-electron chi connectivity index (χ0n) is 50.7. The van der Waals surface area contributed by atoms with Gasteiger partial charge >= 0.3 is 23.9 Å². The van der Waals surface area contributed by atoms with E-state index in [0.717, 1.165) is 103 Å². The van der Waals surface area contributed by atoms with Crippen LogP contribution in [0, 0.1) is 0 Å². The summed E-state index contributed by atoms with van der Waals surface area (Å²) in [7, 11) is 0. The van der Waals surface area contributed by atoms with E-state index < -0.39 is 67.3 Å². The summed E-state index contributed by atoms with van der Waals surface area (Å²) in [5.74, 6) is -3.25. The molecule has 0 aromatic heterocycles. The van der Waals surface area contributed by atoms with E-state index in [1.165, 1.54) is 83.5 Å². The SMILES string of the molecule is CC/C=C\C/C=C\C/C=C\C/C=C\C/C=C\C/C=C\CCC(=O)OC1C(OCC(COC(=O)CCCCCCCCCCCCCCCCCCC)OC(=O)CCCCCCC/C=C\C/C=C\C/C=C\CC)OC(C(=O)O)C(O)C1O. The minimum atomic E-state index is -1.94. The summed E-state index contributed by atoms with van der Waals surface area (Å²) in [6.07, 6.45) is 63.5. The lowest BCUT2D eigenvalue weighted by molar-refractivity contribution is -0.301. The van der Waals surface area contributed by atoms with Gasteiger partial charge in [-0.15, -0.1) is 0 Å². The van der Waals surface area contributed by atoms with E-state index in [4.69, 9.17) is 23.7 Å². The molecule has 6 atom stereocenters. The number of unbranched alkanes of at least 4 members (excludes halogenated alkanes) is 21. The van der Waals surface area contributed by atoms with Gasteiger partial charge in [0, 0.05) is 19.3 Å². The van der Waals surface area contributed by atoms with E-state index in [-0.39, 0.29) is 25.9 Å². The van der Waals surface area contributed by atoms with Crippen molar-refractivity contribution in [2.45, 2.75) is 289 Å². The number of carbonyl (C=O) groups is 4. The lowest BCUT2D eigenvalue weighted by Gasteiger charge is -2.40. The predicted octanol–water partition coefficient (Wildman–Crippen LogP) is 17.0. The van der Waals surface area contributed by atoms with Gasteiger partial charge < -0.3 is 39.0 Å². The minimum Gasteiger partial charge on any atom is -0.479 e. The van der Waals surface area contributed by atoms with Crippen LogP contribution in [0.3, 0.4) is 0 Å². The van der Waals surface area contributed by atoms with Crippen LogP contribution in [0.5, 0.6) is 0 Å². The molecule has 0 aromatic rings. The van der Waals surface area contributed by atoms with Gasteiger partial charge in [-0.1, -0.05) is 252 Å². The van der Waals surface area contributed by atoms with Crippen molar-refractivity contribution in [2.75, 3.05) is 13.2 Å². The number of aliphatic hydroxyl groups excluding tert-OH is 2. The topological polar surface area (TPSA) is 175 Å². The molecule has 1 rings (SSSR count). The number of ether oxygens (including phenoxy) is 5. The number of aliphatic hydroxyl groups is 2. The summed E-state index contributed by atoms with van der Waals surface area (Å²) in [6, 6.07) is 0. The van der Waals surface area contributed by atoms with E-state index in [0.29, 0.717) is 25.7 Å². The fraction of sp³-hybridized carbons (Fsp3) is 0.681. The Hall–Kier alpha value is -4.62. The second kappa shape index (κ2) is 55.9. The van der Waals surface area contributed by atoms with Gasteiger partial charge in [-0.25, -0.2) is 4.79 Å². The average Bonchev–Trinajstić information content (AvgIpc) is 3.54. The van der Waals surface area contributed by atoms with Crippen molar-refractivity contribution >= 4 is 23.9 Å². The van der Waals surface area contributed by atoms with Crippen LogP contribution in [-0.2, 0) is 42.9 Å². The Kier molecular flexibility index (Phi) is 51.3. The maximum Gasteiger partial charge on any atom is 0.335 e. The van der Waals surface area contributed by atoms with Gasteiger partial charge in [0.2, 0.25) is 0 Å². The highest BCUT2D eigenvalue weighted by Gasteiger charge is 2.50. The molecule has 0 aromatic carbocycles. The summed E-state index contributed by atoms with van der Waals surface area (Å²) in [4.78, 5) is 51.3. The number of rotatable bonds is 53. The minimum absolute atomic E-state index is 0.0708. The highest BCUT2D eigenvalue weighted by molar-refractivity contribution is 5.74. The van der Waals surface area contributed by atoms with Gasteiger partial charge in [0.05, 0.1) is 6.61 Å². The zero-order valence-corrected chi connectivity index (χ0v) is 50.7. The van der Waals surface area contributed by atoms with Gasteiger partial charge in [0.25, 0.3) is 0 Å². The highest BCUT2D eigenvalue weighted by atomic mass is 16.7. The fourth-order valence-electron chi connectivity index (χ4n) is 9.06. The fourth-order valence-corrected chi connectivity index (χ4v) is 9.06. The van der Waals surface area contributed by atoms with Crippen molar-refractivity contribution in [2.24, 2.45) is 0 Å².